The summed E-state index contributed by atoms with van der Waals surface area (Å²) < 4.78 is 5.57. The predicted octanol–water partition coefficient (Wildman–Crippen LogP) is 2.56. The van der Waals surface area contributed by atoms with E-state index in [0.29, 0.717) is 11.5 Å². The molecule has 3 aliphatic rings. The largest absolute Gasteiger partial charge is 0.501 e. The summed E-state index contributed by atoms with van der Waals surface area (Å²) in [7, 11) is 1.84. The average molecular weight is 207 g/mol. The smallest absolute Gasteiger partial charge is 0.0965 e. The van der Waals surface area contributed by atoms with Crippen LogP contribution in [0.2, 0.25) is 0 Å². The van der Waals surface area contributed by atoms with E-state index in [2.05, 4.69) is 11.0 Å². The maximum atomic E-state index is 5.57. The highest BCUT2D eigenvalue weighted by molar-refractivity contribution is 5.22. The van der Waals surface area contributed by atoms with Gasteiger partial charge in [0.25, 0.3) is 0 Å². The molecule has 2 saturated heterocycles. The van der Waals surface area contributed by atoms with E-state index in [9.17, 15) is 0 Å². The van der Waals surface area contributed by atoms with E-state index in [-0.39, 0.29) is 0 Å². The van der Waals surface area contributed by atoms with E-state index in [1.54, 1.807) is 0 Å². The van der Waals surface area contributed by atoms with Crippen molar-refractivity contribution in [1.82, 2.24) is 4.90 Å². The fourth-order valence-corrected chi connectivity index (χ4v) is 4.03. The molecule has 0 N–H and O–H groups in total. The first kappa shape index (κ1) is 9.71. The number of rotatable bonds is 1. The quantitative estimate of drug-likeness (QED) is 0.655. The van der Waals surface area contributed by atoms with Crippen molar-refractivity contribution in [3.63, 3.8) is 0 Å². The Morgan fingerprint density at radius 3 is 3.07 bits per heavy atom. The van der Waals surface area contributed by atoms with Crippen molar-refractivity contribution in [2.75, 3.05) is 20.2 Å². The van der Waals surface area contributed by atoms with Crippen molar-refractivity contribution in [1.29, 1.82) is 0 Å². The van der Waals surface area contributed by atoms with Crippen LogP contribution in [-0.2, 0) is 4.74 Å². The van der Waals surface area contributed by atoms with Gasteiger partial charge in [-0.1, -0.05) is 6.42 Å². The van der Waals surface area contributed by atoms with Crippen LogP contribution in [0.25, 0.3) is 0 Å². The molecule has 0 radical (unpaired) electrons. The van der Waals surface area contributed by atoms with E-state index in [4.69, 9.17) is 4.74 Å². The van der Waals surface area contributed by atoms with Crippen LogP contribution in [0.4, 0.5) is 0 Å². The Labute approximate surface area is 92.3 Å². The number of hydrogen-bond acceptors (Lipinski definition) is 2. The molecule has 0 aromatic carbocycles. The van der Waals surface area contributed by atoms with E-state index in [1.165, 1.54) is 57.4 Å². The zero-order chi connectivity index (χ0) is 10.3. The lowest BCUT2D eigenvalue weighted by Gasteiger charge is -2.39. The van der Waals surface area contributed by atoms with E-state index < -0.39 is 0 Å². The first-order valence-corrected chi connectivity index (χ1v) is 6.36. The molecule has 2 atom stereocenters. The molecule has 1 aliphatic carbocycles. The van der Waals surface area contributed by atoms with Crippen molar-refractivity contribution in [3.05, 3.63) is 11.8 Å². The standard InChI is InChI=1S/C13H21NO/c1-15-12-6-8-13-7-4-10-14(13)9-3-2-5-11(12)13/h6,11H,2-5,7-10H2,1H3/t11-,13-/m0/s1. The third-order valence-electron chi connectivity index (χ3n) is 4.72. The van der Waals surface area contributed by atoms with Crippen LogP contribution in [-0.4, -0.2) is 30.6 Å². The summed E-state index contributed by atoms with van der Waals surface area (Å²) in [5, 5.41) is 0. The Kier molecular flexibility index (Phi) is 2.27. The van der Waals surface area contributed by atoms with Crippen LogP contribution < -0.4 is 0 Å². The molecular weight excluding hydrogens is 186 g/mol. The van der Waals surface area contributed by atoms with Gasteiger partial charge in [0.15, 0.2) is 0 Å². The molecule has 2 heterocycles. The average Bonchev–Trinajstić information content (AvgIpc) is 2.78. The van der Waals surface area contributed by atoms with Crippen LogP contribution in [0.5, 0.6) is 0 Å². The minimum Gasteiger partial charge on any atom is -0.501 e. The summed E-state index contributed by atoms with van der Waals surface area (Å²) >= 11 is 0. The molecule has 0 aromatic rings. The van der Waals surface area contributed by atoms with Gasteiger partial charge in [0, 0.05) is 11.5 Å². The van der Waals surface area contributed by atoms with Gasteiger partial charge in [-0.15, -0.1) is 0 Å². The highest BCUT2D eigenvalue weighted by atomic mass is 16.5. The lowest BCUT2D eigenvalue weighted by molar-refractivity contribution is 0.0901. The van der Waals surface area contributed by atoms with Crippen LogP contribution in [0.3, 0.4) is 0 Å². The second-order valence-corrected chi connectivity index (χ2v) is 5.26. The maximum absolute atomic E-state index is 5.57. The van der Waals surface area contributed by atoms with Crippen LogP contribution in [0.15, 0.2) is 11.8 Å². The zero-order valence-electron chi connectivity index (χ0n) is 9.67. The van der Waals surface area contributed by atoms with Crippen molar-refractivity contribution in [2.24, 2.45) is 5.92 Å². The lowest BCUT2D eigenvalue weighted by atomic mass is 9.81. The third-order valence-corrected chi connectivity index (χ3v) is 4.72. The Morgan fingerprint density at radius 1 is 1.33 bits per heavy atom. The number of methoxy groups -OCH3 is 1. The Morgan fingerprint density at radius 2 is 2.20 bits per heavy atom. The molecule has 0 aromatic heterocycles. The minimum atomic E-state index is 0.474. The number of ether oxygens (including phenoxy) is 1. The molecule has 0 unspecified atom stereocenters. The summed E-state index contributed by atoms with van der Waals surface area (Å²) in [4.78, 5) is 2.76. The molecule has 0 bridgehead atoms. The van der Waals surface area contributed by atoms with Gasteiger partial charge in [-0.2, -0.15) is 0 Å². The topological polar surface area (TPSA) is 12.5 Å². The molecule has 2 nitrogen and oxygen atoms in total. The SMILES string of the molecule is COC1=CC[C@]23CCCN2CCCC[C@@H]13. The highest BCUT2D eigenvalue weighted by Crippen LogP contribution is 2.50. The van der Waals surface area contributed by atoms with E-state index >= 15 is 0 Å². The van der Waals surface area contributed by atoms with Gasteiger partial charge in [0.05, 0.1) is 12.9 Å². The molecule has 15 heavy (non-hydrogen) atoms. The minimum absolute atomic E-state index is 0.474. The Hall–Kier alpha value is -0.500. The van der Waals surface area contributed by atoms with Gasteiger partial charge in [-0.25, -0.2) is 0 Å². The van der Waals surface area contributed by atoms with Crippen LogP contribution >= 0.6 is 0 Å². The van der Waals surface area contributed by atoms with Gasteiger partial charge in [-0.05, 0) is 51.3 Å². The van der Waals surface area contributed by atoms with Gasteiger partial charge in [0.2, 0.25) is 0 Å². The molecule has 1 spiro atoms. The molecular formula is C13H21NO. The first-order valence-electron chi connectivity index (χ1n) is 6.36. The highest BCUT2D eigenvalue weighted by Gasteiger charge is 2.51. The molecule has 2 fully saturated rings. The second kappa shape index (κ2) is 3.51. The van der Waals surface area contributed by atoms with E-state index in [1.807, 2.05) is 7.11 Å². The zero-order valence-corrected chi connectivity index (χ0v) is 9.67. The first-order chi connectivity index (χ1) is 7.37. The lowest BCUT2D eigenvalue weighted by Crippen LogP contribution is -2.46. The summed E-state index contributed by atoms with van der Waals surface area (Å²) in [6, 6.07) is 0. The summed E-state index contributed by atoms with van der Waals surface area (Å²) in [6.45, 7) is 2.64. The number of nitrogens with zero attached hydrogens (tertiary/aromatic N) is 1. The normalized spacial score (nSPS) is 40.6. The van der Waals surface area contributed by atoms with Gasteiger partial charge in [-0.3, -0.25) is 4.90 Å². The van der Waals surface area contributed by atoms with Crippen molar-refractivity contribution in [3.8, 4) is 0 Å². The Balaban J connectivity index is 1.93. The summed E-state index contributed by atoms with van der Waals surface area (Å²) in [5.74, 6) is 1.98. The predicted molar refractivity (Wildman–Crippen MR) is 60.6 cm³/mol. The van der Waals surface area contributed by atoms with Crippen molar-refractivity contribution >= 4 is 0 Å². The molecule has 2 heteroatoms. The van der Waals surface area contributed by atoms with Gasteiger partial charge < -0.3 is 4.74 Å². The molecule has 0 amide bonds. The van der Waals surface area contributed by atoms with Gasteiger partial charge in [0.1, 0.15) is 0 Å². The van der Waals surface area contributed by atoms with Crippen molar-refractivity contribution in [2.45, 2.75) is 44.1 Å². The fraction of sp³-hybridized carbons (Fsp3) is 0.846. The monoisotopic (exact) mass is 207 g/mol. The molecule has 84 valence electrons. The van der Waals surface area contributed by atoms with Gasteiger partial charge >= 0.3 is 0 Å². The summed E-state index contributed by atoms with van der Waals surface area (Å²) in [5.41, 5.74) is 0.474. The molecule has 2 aliphatic heterocycles. The maximum Gasteiger partial charge on any atom is 0.0965 e. The number of hydrogen-bond donors (Lipinski definition) is 0. The van der Waals surface area contributed by atoms with Crippen LogP contribution in [0.1, 0.15) is 38.5 Å². The van der Waals surface area contributed by atoms with E-state index in [0.717, 1.165) is 0 Å². The summed E-state index contributed by atoms with van der Waals surface area (Å²) in [6.07, 6.45) is 10.5. The fourth-order valence-electron chi connectivity index (χ4n) is 4.03. The Bertz CT molecular complexity index is 286. The molecule has 3 rings (SSSR count). The third kappa shape index (κ3) is 1.27. The molecule has 0 saturated carbocycles. The second-order valence-electron chi connectivity index (χ2n) is 5.26. The van der Waals surface area contributed by atoms with Crippen molar-refractivity contribution < 1.29 is 4.74 Å². The van der Waals surface area contributed by atoms with Crippen LogP contribution in [0, 0.1) is 5.92 Å².